The summed E-state index contributed by atoms with van der Waals surface area (Å²) in [5.41, 5.74) is -0.373. The van der Waals surface area contributed by atoms with Gasteiger partial charge in [0.05, 0.1) is 17.7 Å². The largest absolute Gasteiger partial charge is 0.467 e. The van der Waals surface area contributed by atoms with E-state index in [0.29, 0.717) is 0 Å². The molecule has 7 heteroatoms. The number of hydrogen-bond donors (Lipinski definition) is 1. The molecule has 23 heavy (non-hydrogen) atoms. The molecule has 0 radical (unpaired) electrons. The maximum absolute atomic E-state index is 13.0. The van der Waals surface area contributed by atoms with Gasteiger partial charge in [0, 0.05) is 0 Å². The molecule has 0 fully saturated rings. The summed E-state index contributed by atoms with van der Waals surface area (Å²) in [6.07, 6.45) is -6.20. The first-order chi connectivity index (χ1) is 10.8. The van der Waals surface area contributed by atoms with Crippen LogP contribution < -0.4 is 0 Å². The summed E-state index contributed by atoms with van der Waals surface area (Å²) in [6, 6.07) is 9.49. The number of rotatable bonds is 3. The van der Waals surface area contributed by atoms with E-state index in [-0.39, 0.29) is 16.7 Å². The Morgan fingerprint density at radius 3 is 2.48 bits per heavy atom. The van der Waals surface area contributed by atoms with Gasteiger partial charge in [-0.15, -0.1) is 0 Å². The minimum absolute atomic E-state index is 0.148. The summed E-state index contributed by atoms with van der Waals surface area (Å²) >= 11 is 5.60. The fourth-order valence-electron chi connectivity index (χ4n) is 2.15. The van der Waals surface area contributed by atoms with Crippen LogP contribution in [0.2, 0.25) is 5.02 Å². The molecular formula is C16H12ClF3O3. The molecule has 2 rings (SSSR count). The highest BCUT2D eigenvalue weighted by atomic mass is 35.5. The Kier molecular flexibility index (Phi) is 4.97. The van der Waals surface area contributed by atoms with E-state index >= 15 is 0 Å². The van der Waals surface area contributed by atoms with Gasteiger partial charge in [0.1, 0.15) is 0 Å². The lowest BCUT2D eigenvalue weighted by Crippen LogP contribution is -2.14. The van der Waals surface area contributed by atoms with Gasteiger partial charge in [-0.1, -0.05) is 41.9 Å². The molecule has 0 aliphatic rings. The van der Waals surface area contributed by atoms with Crippen LogP contribution in [-0.2, 0) is 15.7 Å². The van der Waals surface area contributed by atoms with Crippen molar-refractivity contribution in [2.24, 2.45) is 0 Å². The Labute approximate surface area is 135 Å². The standard InChI is InChI=1S/C16H12ClF3O3/c1-23-15(22)14(21)11-5-3-2-4-10(11)9-6-7-13(17)12(8-9)16(18,19)20/h2-8,14,21H,1H3. The van der Waals surface area contributed by atoms with E-state index in [2.05, 4.69) is 4.74 Å². The van der Waals surface area contributed by atoms with Crippen LogP contribution in [0.1, 0.15) is 17.2 Å². The van der Waals surface area contributed by atoms with E-state index in [1.54, 1.807) is 12.1 Å². The molecule has 0 saturated heterocycles. The Bertz CT molecular complexity index is 729. The van der Waals surface area contributed by atoms with Crippen LogP contribution in [0.25, 0.3) is 11.1 Å². The van der Waals surface area contributed by atoms with Crippen LogP contribution in [0.4, 0.5) is 13.2 Å². The number of carbonyl (C=O) groups is 1. The fourth-order valence-corrected chi connectivity index (χ4v) is 2.37. The smallest absolute Gasteiger partial charge is 0.417 e. The molecule has 0 aliphatic heterocycles. The molecule has 3 nitrogen and oxygen atoms in total. The van der Waals surface area contributed by atoms with E-state index < -0.39 is 28.8 Å². The van der Waals surface area contributed by atoms with E-state index in [1.165, 1.54) is 18.2 Å². The Hall–Kier alpha value is -2.05. The monoisotopic (exact) mass is 344 g/mol. The second kappa shape index (κ2) is 6.60. The molecular weight excluding hydrogens is 333 g/mol. The van der Waals surface area contributed by atoms with E-state index in [1.807, 2.05) is 0 Å². The molecule has 0 saturated carbocycles. The zero-order valence-electron chi connectivity index (χ0n) is 11.9. The van der Waals surface area contributed by atoms with Crippen LogP contribution in [0.15, 0.2) is 42.5 Å². The van der Waals surface area contributed by atoms with Crippen molar-refractivity contribution in [1.82, 2.24) is 0 Å². The second-order valence-electron chi connectivity index (χ2n) is 4.71. The number of hydrogen-bond acceptors (Lipinski definition) is 3. The van der Waals surface area contributed by atoms with E-state index in [0.717, 1.165) is 19.2 Å². The molecule has 0 aliphatic carbocycles. The first-order valence-corrected chi connectivity index (χ1v) is 6.85. The van der Waals surface area contributed by atoms with Crippen molar-refractivity contribution in [3.63, 3.8) is 0 Å². The lowest BCUT2D eigenvalue weighted by molar-refractivity contribution is -0.150. The van der Waals surface area contributed by atoms with Gasteiger partial charge in [0.25, 0.3) is 0 Å². The third kappa shape index (κ3) is 3.65. The van der Waals surface area contributed by atoms with Gasteiger partial charge in [-0.3, -0.25) is 0 Å². The summed E-state index contributed by atoms with van der Waals surface area (Å²) < 4.78 is 43.4. The zero-order valence-corrected chi connectivity index (χ0v) is 12.7. The Morgan fingerprint density at radius 1 is 1.22 bits per heavy atom. The molecule has 0 amide bonds. The quantitative estimate of drug-likeness (QED) is 0.847. The maximum atomic E-state index is 13.0. The number of benzene rings is 2. The highest BCUT2D eigenvalue weighted by Crippen LogP contribution is 2.38. The molecule has 122 valence electrons. The van der Waals surface area contributed by atoms with Crippen LogP contribution in [0.3, 0.4) is 0 Å². The number of ether oxygens (including phenoxy) is 1. The first-order valence-electron chi connectivity index (χ1n) is 6.47. The fraction of sp³-hybridized carbons (Fsp3) is 0.188. The molecule has 0 aromatic heterocycles. The van der Waals surface area contributed by atoms with Crippen molar-refractivity contribution in [2.75, 3.05) is 7.11 Å². The van der Waals surface area contributed by atoms with E-state index in [9.17, 15) is 23.1 Å². The average Bonchev–Trinajstić information content (AvgIpc) is 2.52. The number of aliphatic hydroxyl groups is 1. The van der Waals surface area contributed by atoms with Crippen LogP contribution in [-0.4, -0.2) is 18.2 Å². The van der Waals surface area contributed by atoms with Crippen LogP contribution in [0, 0.1) is 0 Å². The Morgan fingerprint density at radius 2 is 1.87 bits per heavy atom. The molecule has 2 aromatic carbocycles. The van der Waals surface area contributed by atoms with Crippen molar-refractivity contribution in [1.29, 1.82) is 0 Å². The van der Waals surface area contributed by atoms with Crippen molar-refractivity contribution in [2.45, 2.75) is 12.3 Å². The number of halogens is 4. The molecule has 1 atom stereocenters. The van der Waals surface area contributed by atoms with Crippen molar-refractivity contribution < 1.29 is 27.8 Å². The average molecular weight is 345 g/mol. The minimum atomic E-state index is -4.61. The van der Waals surface area contributed by atoms with Crippen LogP contribution >= 0.6 is 11.6 Å². The number of methoxy groups -OCH3 is 1. The van der Waals surface area contributed by atoms with Crippen molar-refractivity contribution in [3.8, 4) is 11.1 Å². The summed E-state index contributed by atoms with van der Waals surface area (Å²) in [5.74, 6) is -0.901. The Balaban J connectivity index is 2.58. The van der Waals surface area contributed by atoms with Gasteiger partial charge in [-0.2, -0.15) is 13.2 Å². The highest BCUT2D eigenvalue weighted by molar-refractivity contribution is 6.31. The topological polar surface area (TPSA) is 46.5 Å². The molecule has 1 unspecified atom stereocenters. The number of alkyl halides is 3. The van der Waals surface area contributed by atoms with Crippen molar-refractivity contribution in [3.05, 3.63) is 58.6 Å². The highest BCUT2D eigenvalue weighted by Gasteiger charge is 2.33. The van der Waals surface area contributed by atoms with Gasteiger partial charge >= 0.3 is 12.1 Å². The lowest BCUT2D eigenvalue weighted by atomic mass is 9.95. The van der Waals surface area contributed by atoms with Gasteiger partial charge in [0.15, 0.2) is 6.10 Å². The second-order valence-corrected chi connectivity index (χ2v) is 5.11. The lowest BCUT2D eigenvalue weighted by Gasteiger charge is -2.16. The number of esters is 1. The number of aliphatic hydroxyl groups excluding tert-OH is 1. The predicted molar refractivity (Wildman–Crippen MR) is 78.9 cm³/mol. The summed E-state index contributed by atoms with van der Waals surface area (Å²) in [6.45, 7) is 0. The molecule has 0 spiro atoms. The third-order valence-corrected chi connectivity index (χ3v) is 3.59. The SMILES string of the molecule is COC(=O)C(O)c1ccccc1-c1ccc(Cl)c(C(F)(F)F)c1. The van der Waals surface area contributed by atoms with Crippen LogP contribution in [0.5, 0.6) is 0 Å². The maximum Gasteiger partial charge on any atom is 0.417 e. The minimum Gasteiger partial charge on any atom is -0.467 e. The summed E-state index contributed by atoms with van der Waals surface area (Å²) in [4.78, 5) is 11.5. The molecule has 1 N–H and O–H groups in total. The van der Waals surface area contributed by atoms with Gasteiger partial charge in [0.2, 0.25) is 0 Å². The number of carbonyl (C=O) groups excluding carboxylic acids is 1. The molecule has 0 heterocycles. The first kappa shape index (κ1) is 17.3. The zero-order chi connectivity index (χ0) is 17.2. The molecule has 2 aromatic rings. The van der Waals surface area contributed by atoms with E-state index in [4.69, 9.17) is 11.6 Å². The summed E-state index contributed by atoms with van der Waals surface area (Å²) in [7, 11) is 1.11. The normalized spacial score (nSPS) is 12.8. The van der Waals surface area contributed by atoms with Gasteiger partial charge in [-0.25, -0.2) is 4.79 Å². The van der Waals surface area contributed by atoms with Crippen molar-refractivity contribution >= 4 is 17.6 Å². The predicted octanol–water partition coefficient (Wildman–Crippen LogP) is 4.23. The van der Waals surface area contributed by atoms with Gasteiger partial charge < -0.3 is 9.84 Å². The molecule has 0 bridgehead atoms. The summed E-state index contributed by atoms with van der Waals surface area (Å²) in [5, 5.41) is 9.57. The third-order valence-electron chi connectivity index (χ3n) is 3.26. The van der Waals surface area contributed by atoms with Gasteiger partial charge in [-0.05, 0) is 28.8 Å².